The second kappa shape index (κ2) is 7.13. The van der Waals surface area contributed by atoms with Crippen LogP contribution in [0.15, 0.2) is 41.8 Å². The Hall–Kier alpha value is -2.01. The third-order valence-corrected chi connectivity index (χ3v) is 4.50. The standard InChI is InChI=1S/C16H20N2O2S/c1-12(15-5-4-10-21-15)18(2)16(19)17-11-13-6-8-14(20-3)9-7-13/h4-10,12H,11H2,1-3H3,(H,17,19)/t12-/m0/s1. The summed E-state index contributed by atoms with van der Waals surface area (Å²) in [6.45, 7) is 2.53. The van der Waals surface area contributed by atoms with Crippen LogP contribution in [0.3, 0.4) is 0 Å². The van der Waals surface area contributed by atoms with Crippen LogP contribution in [0, 0.1) is 0 Å². The first-order chi connectivity index (χ1) is 10.1. The van der Waals surface area contributed by atoms with Gasteiger partial charge in [-0.1, -0.05) is 18.2 Å². The van der Waals surface area contributed by atoms with E-state index in [0.29, 0.717) is 6.54 Å². The van der Waals surface area contributed by atoms with Gasteiger partial charge in [0.2, 0.25) is 0 Å². The van der Waals surface area contributed by atoms with Crippen LogP contribution in [0.5, 0.6) is 5.75 Å². The molecule has 4 nitrogen and oxygen atoms in total. The van der Waals surface area contributed by atoms with Crippen LogP contribution in [0.4, 0.5) is 4.79 Å². The van der Waals surface area contributed by atoms with Crippen molar-refractivity contribution in [3.05, 3.63) is 52.2 Å². The number of hydrogen-bond donors (Lipinski definition) is 1. The quantitative estimate of drug-likeness (QED) is 0.916. The SMILES string of the molecule is COc1ccc(CNC(=O)N(C)[C@@H](C)c2cccs2)cc1. The molecule has 1 aromatic heterocycles. The monoisotopic (exact) mass is 304 g/mol. The maximum absolute atomic E-state index is 12.2. The van der Waals surface area contributed by atoms with Gasteiger partial charge in [-0.2, -0.15) is 0 Å². The predicted molar refractivity (Wildman–Crippen MR) is 85.7 cm³/mol. The number of urea groups is 1. The van der Waals surface area contributed by atoms with Crippen LogP contribution in [-0.4, -0.2) is 25.1 Å². The maximum Gasteiger partial charge on any atom is 0.317 e. The zero-order valence-electron chi connectivity index (χ0n) is 12.5. The molecule has 1 heterocycles. The van der Waals surface area contributed by atoms with Crippen molar-refractivity contribution < 1.29 is 9.53 Å². The molecule has 112 valence electrons. The molecule has 1 atom stereocenters. The number of rotatable bonds is 5. The zero-order valence-corrected chi connectivity index (χ0v) is 13.3. The highest BCUT2D eigenvalue weighted by molar-refractivity contribution is 7.10. The van der Waals surface area contributed by atoms with Gasteiger partial charge < -0.3 is 15.0 Å². The molecule has 1 aromatic carbocycles. The summed E-state index contributed by atoms with van der Waals surface area (Å²) >= 11 is 1.66. The number of carbonyl (C=O) groups excluding carboxylic acids is 1. The molecule has 0 aliphatic rings. The summed E-state index contributed by atoms with van der Waals surface area (Å²) < 4.78 is 5.11. The van der Waals surface area contributed by atoms with Crippen molar-refractivity contribution in [1.82, 2.24) is 10.2 Å². The number of thiophene rings is 1. The second-order valence-electron chi connectivity index (χ2n) is 4.81. The molecule has 0 saturated carbocycles. The van der Waals surface area contributed by atoms with Gasteiger partial charge in [0, 0.05) is 18.5 Å². The predicted octanol–water partition coefficient (Wildman–Crippen LogP) is 3.66. The number of carbonyl (C=O) groups is 1. The normalized spacial score (nSPS) is 11.8. The minimum Gasteiger partial charge on any atom is -0.497 e. The summed E-state index contributed by atoms with van der Waals surface area (Å²) in [5.74, 6) is 0.813. The average Bonchev–Trinajstić information content (AvgIpc) is 3.06. The van der Waals surface area contributed by atoms with Crippen LogP contribution >= 0.6 is 11.3 Å². The van der Waals surface area contributed by atoms with Gasteiger partial charge in [-0.05, 0) is 36.1 Å². The van der Waals surface area contributed by atoms with Crippen LogP contribution in [0.1, 0.15) is 23.4 Å². The third-order valence-electron chi connectivity index (χ3n) is 3.46. The van der Waals surface area contributed by atoms with Crippen molar-refractivity contribution in [3.8, 4) is 5.75 Å². The highest BCUT2D eigenvalue weighted by Gasteiger charge is 2.17. The largest absolute Gasteiger partial charge is 0.497 e. The number of benzene rings is 1. The lowest BCUT2D eigenvalue weighted by Crippen LogP contribution is -2.38. The number of nitrogens with one attached hydrogen (secondary N) is 1. The van der Waals surface area contributed by atoms with Gasteiger partial charge in [-0.25, -0.2) is 4.79 Å². The van der Waals surface area contributed by atoms with E-state index in [0.717, 1.165) is 11.3 Å². The molecule has 0 spiro atoms. The summed E-state index contributed by atoms with van der Waals surface area (Å²) in [4.78, 5) is 15.1. The summed E-state index contributed by atoms with van der Waals surface area (Å²) in [6, 6.07) is 11.7. The van der Waals surface area contributed by atoms with E-state index >= 15 is 0 Å². The second-order valence-corrected chi connectivity index (χ2v) is 5.79. The Bertz CT molecular complexity index is 566. The lowest BCUT2D eigenvalue weighted by Gasteiger charge is -2.24. The first-order valence-corrected chi connectivity index (χ1v) is 7.66. The molecule has 0 radical (unpaired) electrons. The van der Waals surface area contributed by atoms with E-state index in [1.165, 1.54) is 4.88 Å². The number of hydrogen-bond acceptors (Lipinski definition) is 3. The fourth-order valence-electron chi connectivity index (χ4n) is 1.94. The molecular formula is C16H20N2O2S. The Morgan fingerprint density at radius 3 is 2.62 bits per heavy atom. The molecule has 0 saturated heterocycles. The highest BCUT2D eigenvalue weighted by atomic mass is 32.1. The van der Waals surface area contributed by atoms with Crippen molar-refractivity contribution in [1.29, 1.82) is 0 Å². The van der Waals surface area contributed by atoms with E-state index in [1.807, 2.05) is 55.7 Å². The molecule has 2 amide bonds. The van der Waals surface area contributed by atoms with Crippen LogP contribution in [0.25, 0.3) is 0 Å². The Morgan fingerprint density at radius 2 is 2.05 bits per heavy atom. The van der Waals surface area contributed by atoms with E-state index in [4.69, 9.17) is 4.74 Å². The first-order valence-electron chi connectivity index (χ1n) is 6.79. The average molecular weight is 304 g/mol. The molecule has 0 fully saturated rings. The molecule has 0 aliphatic heterocycles. The Morgan fingerprint density at radius 1 is 1.33 bits per heavy atom. The van der Waals surface area contributed by atoms with Crippen LogP contribution < -0.4 is 10.1 Å². The van der Waals surface area contributed by atoms with E-state index < -0.39 is 0 Å². The molecule has 2 aromatic rings. The Kier molecular flexibility index (Phi) is 5.22. The lowest BCUT2D eigenvalue weighted by atomic mass is 10.2. The minimum absolute atomic E-state index is 0.0702. The van der Waals surface area contributed by atoms with Gasteiger partial charge >= 0.3 is 6.03 Å². The fourth-order valence-corrected chi connectivity index (χ4v) is 2.77. The fraction of sp³-hybridized carbons (Fsp3) is 0.312. The molecule has 2 rings (SSSR count). The van der Waals surface area contributed by atoms with Gasteiger partial charge in [0.1, 0.15) is 5.75 Å². The third kappa shape index (κ3) is 3.98. The molecule has 0 aliphatic carbocycles. The van der Waals surface area contributed by atoms with E-state index in [1.54, 1.807) is 23.3 Å². The van der Waals surface area contributed by atoms with Gasteiger partial charge in [0.05, 0.1) is 13.2 Å². The van der Waals surface area contributed by atoms with E-state index in [2.05, 4.69) is 5.32 Å². The first kappa shape index (κ1) is 15.4. The number of methoxy groups -OCH3 is 1. The molecule has 1 N–H and O–H groups in total. The maximum atomic E-state index is 12.2. The minimum atomic E-state index is -0.0771. The number of amides is 2. The molecule has 5 heteroatoms. The van der Waals surface area contributed by atoms with Crippen molar-refractivity contribution in [2.75, 3.05) is 14.2 Å². The topological polar surface area (TPSA) is 41.6 Å². The lowest BCUT2D eigenvalue weighted by molar-refractivity contribution is 0.194. The molecule has 0 bridgehead atoms. The summed E-state index contributed by atoms with van der Waals surface area (Å²) in [6.07, 6.45) is 0. The Labute approximate surface area is 129 Å². The summed E-state index contributed by atoms with van der Waals surface area (Å²) in [7, 11) is 3.45. The van der Waals surface area contributed by atoms with Crippen molar-refractivity contribution in [2.45, 2.75) is 19.5 Å². The molecular weight excluding hydrogens is 284 g/mol. The highest BCUT2D eigenvalue weighted by Crippen LogP contribution is 2.23. The van der Waals surface area contributed by atoms with Crippen molar-refractivity contribution >= 4 is 17.4 Å². The number of ether oxygens (including phenoxy) is 1. The summed E-state index contributed by atoms with van der Waals surface area (Å²) in [5.41, 5.74) is 1.04. The van der Waals surface area contributed by atoms with Gasteiger partial charge in [-0.15, -0.1) is 11.3 Å². The van der Waals surface area contributed by atoms with Crippen molar-refractivity contribution in [3.63, 3.8) is 0 Å². The zero-order chi connectivity index (χ0) is 15.2. The van der Waals surface area contributed by atoms with Gasteiger partial charge in [0.15, 0.2) is 0 Å². The number of nitrogens with zero attached hydrogens (tertiary/aromatic N) is 1. The van der Waals surface area contributed by atoms with Gasteiger partial charge in [0.25, 0.3) is 0 Å². The van der Waals surface area contributed by atoms with E-state index in [9.17, 15) is 4.79 Å². The summed E-state index contributed by atoms with van der Waals surface area (Å²) in [5, 5.41) is 4.95. The molecule has 21 heavy (non-hydrogen) atoms. The van der Waals surface area contributed by atoms with Crippen molar-refractivity contribution in [2.24, 2.45) is 0 Å². The smallest absolute Gasteiger partial charge is 0.317 e. The van der Waals surface area contributed by atoms with E-state index in [-0.39, 0.29) is 12.1 Å². The van der Waals surface area contributed by atoms with Gasteiger partial charge in [-0.3, -0.25) is 0 Å². The van der Waals surface area contributed by atoms with Crippen LogP contribution in [-0.2, 0) is 6.54 Å². The van der Waals surface area contributed by atoms with Crippen LogP contribution in [0.2, 0.25) is 0 Å². The Balaban J connectivity index is 1.88. The molecule has 0 unspecified atom stereocenters.